The molecule has 106 valence electrons. The smallest absolute Gasteiger partial charge is 0.141 e. The third kappa shape index (κ3) is 5.06. The third-order valence-corrected chi connectivity index (χ3v) is 3.44. The number of benzene rings is 2. The number of nitriles is 1. The lowest BCUT2D eigenvalue weighted by molar-refractivity contribution is -0.117. The van der Waals surface area contributed by atoms with Gasteiger partial charge in [-0.1, -0.05) is 48.0 Å². The number of rotatable bonds is 6. The van der Waals surface area contributed by atoms with E-state index in [1.165, 1.54) is 0 Å². The van der Waals surface area contributed by atoms with Gasteiger partial charge in [-0.25, -0.2) is 0 Å². The van der Waals surface area contributed by atoms with Crippen LogP contribution in [0.1, 0.15) is 23.1 Å². The van der Waals surface area contributed by atoms with Crippen LogP contribution in [0.25, 0.3) is 0 Å². The van der Waals surface area contributed by atoms with Crippen LogP contribution < -0.4 is 0 Å². The summed E-state index contributed by atoms with van der Waals surface area (Å²) in [5.74, 6) is 0.162. The van der Waals surface area contributed by atoms with Crippen LogP contribution in [-0.2, 0) is 24.1 Å². The Morgan fingerprint density at radius 2 is 1.62 bits per heavy atom. The number of aryl methyl sites for hydroxylation is 1. The molecule has 0 radical (unpaired) electrons. The topological polar surface area (TPSA) is 40.9 Å². The third-order valence-electron chi connectivity index (χ3n) is 3.21. The molecule has 2 aromatic rings. The monoisotopic (exact) mass is 297 g/mol. The van der Waals surface area contributed by atoms with Crippen LogP contribution in [0.15, 0.2) is 48.5 Å². The van der Waals surface area contributed by atoms with Gasteiger partial charge in [0.05, 0.1) is 6.07 Å². The number of hydrogen-bond acceptors (Lipinski definition) is 2. The van der Waals surface area contributed by atoms with E-state index in [4.69, 9.17) is 16.9 Å². The van der Waals surface area contributed by atoms with E-state index < -0.39 is 0 Å². The molecular weight excluding hydrogens is 282 g/mol. The normalized spacial score (nSPS) is 10.1. The molecule has 0 fully saturated rings. The maximum Gasteiger partial charge on any atom is 0.141 e. The highest BCUT2D eigenvalue weighted by atomic mass is 35.5. The van der Waals surface area contributed by atoms with Gasteiger partial charge < -0.3 is 0 Å². The van der Waals surface area contributed by atoms with Crippen LogP contribution >= 0.6 is 11.6 Å². The number of carbonyl (C=O) groups is 1. The predicted molar refractivity (Wildman–Crippen MR) is 84.2 cm³/mol. The molecule has 0 saturated heterocycles. The summed E-state index contributed by atoms with van der Waals surface area (Å²) in [6.45, 7) is 0. The fourth-order valence-corrected chi connectivity index (χ4v) is 2.47. The Hall–Kier alpha value is -2.11. The Kier molecular flexibility index (Phi) is 5.54. The second-order valence-corrected chi connectivity index (χ2v) is 5.44. The summed E-state index contributed by atoms with van der Waals surface area (Å²) in [5.41, 5.74) is 3.04. The van der Waals surface area contributed by atoms with E-state index in [9.17, 15) is 4.79 Å². The quantitative estimate of drug-likeness (QED) is 0.803. The standard InChI is InChI=1S/C18H16ClNO/c19-17-8-2-6-16(11-17)13-18(21)12-15-5-1-4-14(10-15)7-3-9-20/h1-2,4-6,8,10-11H,3,7,12-13H2. The number of hydrogen-bond donors (Lipinski definition) is 0. The molecule has 2 rings (SSSR count). The fourth-order valence-electron chi connectivity index (χ4n) is 2.26. The molecule has 0 spiro atoms. The Labute approximate surface area is 130 Å². The molecule has 0 unspecified atom stereocenters. The summed E-state index contributed by atoms with van der Waals surface area (Å²) in [5, 5.41) is 9.27. The summed E-state index contributed by atoms with van der Waals surface area (Å²) in [4.78, 5) is 12.1. The molecule has 0 heterocycles. The van der Waals surface area contributed by atoms with E-state index in [0.29, 0.717) is 24.3 Å². The minimum absolute atomic E-state index is 0.162. The maximum atomic E-state index is 12.1. The molecule has 0 aromatic heterocycles. The van der Waals surface area contributed by atoms with Gasteiger partial charge >= 0.3 is 0 Å². The SMILES string of the molecule is N#CCCc1cccc(CC(=O)Cc2cccc(Cl)c2)c1. The van der Waals surface area contributed by atoms with E-state index in [0.717, 1.165) is 23.1 Å². The molecule has 3 heteroatoms. The zero-order chi connectivity index (χ0) is 15.1. The zero-order valence-corrected chi connectivity index (χ0v) is 12.4. The lowest BCUT2D eigenvalue weighted by Crippen LogP contribution is -2.06. The second kappa shape index (κ2) is 7.61. The number of halogens is 1. The van der Waals surface area contributed by atoms with Crippen molar-refractivity contribution in [2.24, 2.45) is 0 Å². The largest absolute Gasteiger partial charge is 0.299 e. The number of carbonyl (C=O) groups excluding carboxylic acids is 1. The maximum absolute atomic E-state index is 12.1. The minimum atomic E-state index is 0.162. The summed E-state index contributed by atoms with van der Waals surface area (Å²) < 4.78 is 0. The Morgan fingerprint density at radius 3 is 2.29 bits per heavy atom. The Bertz CT molecular complexity index is 673. The van der Waals surface area contributed by atoms with Crippen LogP contribution in [0.3, 0.4) is 0 Å². The van der Waals surface area contributed by atoms with Crippen LogP contribution in [0.5, 0.6) is 0 Å². The van der Waals surface area contributed by atoms with Gasteiger partial charge in [-0.3, -0.25) is 4.79 Å². The fraction of sp³-hybridized carbons (Fsp3) is 0.222. The zero-order valence-electron chi connectivity index (χ0n) is 11.7. The second-order valence-electron chi connectivity index (χ2n) is 5.00. The first-order valence-corrected chi connectivity index (χ1v) is 7.26. The molecule has 0 aliphatic heterocycles. The van der Waals surface area contributed by atoms with Crippen molar-refractivity contribution in [2.45, 2.75) is 25.7 Å². The molecule has 0 aliphatic rings. The average molecular weight is 298 g/mol. The van der Waals surface area contributed by atoms with Crippen molar-refractivity contribution in [3.8, 4) is 6.07 Å². The molecule has 2 aromatic carbocycles. The van der Waals surface area contributed by atoms with E-state index >= 15 is 0 Å². The molecule has 0 amide bonds. The van der Waals surface area contributed by atoms with Crippen molar-refractivity contribution < 1.29 is 4.79 Å². The van der Waals surface area contributed by atoms with Crippen LogP contribution in [0, 0.1) is 11.3 Å². The highest BCUT2D eigenvalue weighted by Crippen LogP contribution is 2.13. The van der Waals surface area contributed by atoms with Crippen LogP contribution in [-0.4, -0.2) is 5.78 Å². The highest BCUT2D eigenvalue weighted by Gasteiger charge is 2.06. The van der Waals surface area contributed by atoms with Crippen molar-refractivity contribution in [2.75, 3.05) is 0 Å². The van der Waals surface area contributed by atoms with Gasteiger partial charge in [-0.15, -0.1) is 0 Å². The first-order valence-electron chi connectivity index (χ1n) is 6.88. The van der Waals surface area contributed by atoms with E-state index in [2.05, 4.69) is 6.07 Å². The van der Waals surface area contributed by atoms with E-state index in [1.807, 2.05) is 42.5 Å². The average Bonchev–Trinajstić information content (AvgIpc) is 2.45. The molecule has 0 N–H and O–H groups in total. The van der Waals surface area contributed by atoms with Crippen LogP contribution in [0.4, 0.5) is 0 Å². The predicted octanol–water partition coefficient (Wildman–Crippen LogP) is 4.15. The van der Waals surface area contributed by atoms with Gasteiger partial charge in [0.2, 0.25) is 0 Å². The van der Waals surface area contributed by atoms with Gasteiger partial charge in [0.15, 0.2) is 0 Å². The van der Waals surface area contributed by atoms with E-state index in [1.54, 1.807) is 6.07 Å². The van der Waals surface area contributed by atoms with Gasteiger partial charge in [-0.05, 0) is 35.2 Å². The lowest BCUT2D eigenvalue weighted by Gasteiger charge is -2.05. The van der Waals surface area contributed by atoms with Gasteiger partial charge in [0.25, 0.3) is 0 Å². The highest BCUT2D eigenvalue weighted by molar-refractivity contribution is 6.30. The first-order chi connectivity index (χ1) is 10.2. The minimum Gasteiger partial charge on any atom is -0.299 e. The van der Waals surface area contributed by atoms with Crippen molar-refractivity contribution in [1.29, 1.82) is 5.26 Å². The lowest BCUT2D eigenvalue weighted by atomic mass is 10.00. The van der Waals surface area contributed by atoms with Crippen LogP contribution in [0.2, 0.25) is 5.02 Å². The molecular formula is C18H16ClNO. The van der Waals surface area contributed by atoms with E-state index in [-0.39, 0.29) is 5.78 Å². The summed E-state index contributed by atoms with van der Waals surface area (Å²) in [6, 6.07) is 17.4. The molecule has 2 nitrogen and oxygen atoms in total. The number of Topliss-reactive ketones (excluding diaryl/α,β-unsaturated/α-hetero) is 1. The summed E-state index contributed by atoms with van der Waals surface area (Å²) in [6.07, 6.45) is 2.03. The summed E-state index contributed by atoms with van der Waals surface area (Å²) in [7, 11) is 0. The van der Waals surface area contributed by atoms with Crippen molar-refractivity contribution in [3.63, 3.8) is 0 Å². The molecule has 0 bridgehead atoms. The van der Waals surface area contributed by atoms with Gasteiger partial charge in [0, 0.05) is 24.3 Å². The molecule has 0 atom stereocenters. The number of ketones is 1. The summed E-state index contributed by atoms with van der Waals surface area (Å²) >= 11 is 5.92. The molecule has 21 heavy (non-hydrogen) atoms. The molecule has 0 aliphatic carbocycles. The molecule has 0 saturated carbocycles. The van der Waals surface area contributed by atoms with Crippen molar-refractivity contribution >= 4 is 17.4 Å². The number of nitrogens with zero attached hydrogens (tertiary/aromatic N) is 1. The first kappa shape index (κ1) is 15.3. The Morgan fingerprint density at radius 1 is 1.00 bits per heavy atom. The van der Waals surface area contributed by atoms with Crippen molar-refractivity contribution in [1.82, 2.24) is 0 Å². The Balaban J connectivity index is 1.98. The van der Waals surface area contributed by atoms with Gasteiger partial charge in [-0.2, -0.15) is 5.26 Å². The van der Waals surface area contributed by atoms with Gasteiger partial charge in [0.1, 0.15) is 5.78 Å². The van der Waals surface area contributed by atoms with Crippen molar-refractivity contribution in [3.05, 3.63) is 70.2 Å².